The van der Waals surface area contributed by atoms with Crippen molar-refractivity contribution in [2.24, 2.45) is 5.73 Å². The second-order valence-corrected chi connectivity index (χ2v) is 6.43. The van der Waals surface area contributed by atoms with Gasteiger partial charge in [0.1, 0.15) is 6.04 Å². The van der Waals surface area contributed by atoms with Gasteiger partial charge in [-0.05, 0) is 91.9 Å². The number of carbonyl (C=O) groups is 1. The Morgan fingerprint density at radius 1 is 1.33 bits per heavy atom. The molecule has 15 heavy (non-hydrogen) atoms. The van der Waals surface area contributed by atoms with Crippen molar-refractivity contribution in [2.75, 3.05) is 0 Å². The third-order valence-electron chi connectivity index (χ3n) is 1.82. The molecule has 0 aliphatic carbocycles. The number of hydrogen-bond acceptors (Lipinski definition) is 2. The Labute approximate surface area is 129 Å². The molecule has 0 aromatic heterocycles. The van der Waals surface area contributed by atoms with Crippen LogP contribution in [0, 0.1) is 10.7 Å². The van der Waals surface area contributed by atoms with Crippen LogP contribution in [0.15, 0.2) is 12.1 Å². The number of aliphatic carboxylic acids is 1. The number of nitrogens with two attached hydrogens (primary N) is 1. The van der Waals surface area contributed by atoms with E-state index in [2.05, 4.69) is 67.8 Å². The molecule has 1 aromatic carbocycles. The summed E-state index contributed by atoms with van der Waals surface area (Å²) in [6.07, 6.45) is 0.373. The van der Waals surface area contributed by atoms with E-state index in [0.29, 0.717) is 6.42 Å². The van der Waals surface area contributed by atoms with E-state index in [-0.39, 0.29) is 0 Å². The molecule has 0 bridgehead atoms. The zero-order chi connectivity index (χ0) is 11.6. The summed E-state index contributed by atoms with van der Waals surface area (Å²) in [5.74, 6) is -0.960. The molecule has 0 radical (unpaired) electrons. The van der Waals surface area contributed by atoms with E-state index in [1.54, 1.807) is 0 Å². The maximum Gasteiger partial charge on any atom is 0.320 e. The van der Waals surface area contributed by atoms with Gasteiger partial charge in [-0.3, -0.25) is 4.79 Å². The average molecular weight is 543 g/mol. The van der Waals surface area contributed by atoms with E-state index in [0.717, 1.165) is 12.7 Å². The van der Waals surface area contributed by atoms with Crippen molar-refractivity contribution in [1.82, 2.24) is 0 Å². The lowest BCUT2D eigenvalue weighted by Gasteiger charge is -2.09. The third-order valence-corrected chi connectivity index (χ3v) is 6.74. The Balaban J connectivity index is 2.92. The first-order valence-electron chi connectivity index (χ1n) is 4.03. The molecule has 3 N–H and O–H groups in total. The highest BCUT2D eigenvalue weighted by molar-refractivity contribution is 14.1. The lowest BCUT2D eigenvalue weighted by molar-refractivity contribution is -0.138. The fraction of sp³-hybridized carbons (Fsp3) is 0.222. The van der Waals surface area contributed by atoms with Crippen molar-refractivity contribution >= 4 is 73.7 Å². The van der Waals surface area contributed by atoms with Crippen LogP contribution >= 0.6 is 67.8 Å². The van der Waals surface area contributed by atoms with Gasteiger partial charge in [-0.2, -0.15) is 0 Å². The first kappa shape index (κ1) is 13.9. The third kappa shape index (κ3) is 3.97. The van der Waals surface area contributed by atoms with Gasteiger partial charge in [0.2, 0.25) is 0 Å². The van der Waals surface area contributed by atoms with Gasteiger partial charge < -0.3 is 10.8 Å². The number of carboxylic acids is 1. The molecule has 0 saturated heterocycles. The SMILES string of the molecule is NC(Cc1cc(I)c(I)c(I)c1)C(=O)O. The van der Waals surface area contributed by atoms with Crippen LogP contribution in [0.2, 0.25) is 0 Å². The Hall–Kier alpha value is 0.840. The van der Waals surface area contributed by atoms with Crippen LogP contribution in [0.25, 0.3) is 0 Å². The van der Waals surface area contributed by atoms with Crippen LogP contribution in [0.1, 0.15) is 5.56 Å². The highest BCUT2D eigenvalue weighted by atomic mass is 127. The van der Waals surface area contributed by atoms with Gasteiger partial charge in [0.05, 0.1) is 0 Å². The van der Waals surface area contributed by atoms with Crippen molar-refractivity contribution in [3.05, 3.63) is 28.4 Å². The molecule has 1 rings (SSSR count). The molecule has 82 valence electrons. The van der Waals surface area contributed by atoms with Crippen molar-refractivity contribution in [2.45, 2.75) is 12.5 Å². The quantitative estimate of drug-likeness (QED) is 0.456. The maximum absolute atomic E-state index is 10.6. The minimum absolute atomic E-state index is 0.373. The Kier molecular flexibility index (Phi) is 5.52. The monoisotopic (exact) mass is 543 g/mol. The predicted molar refractivity (Wildman–Crippen MR) is 83.9 cm³/mol. The lowest BCUT2D eigenvalue weighted by Crippen LogP contribution is -2.32. The zero-order valence-corrected chi connectivity index (χ0v) is 14.0. The standard InChI is InChI=1S/C9H8I3NO2/c10-5-1-4(2-6(11)8(5)12)3-7(13)9(14)15/h1-2,7H,3,13H2,(H,14,15). The number of rotatable bonds is 3. The zero-order valence-electron chi connectivity index (χ0n) is 7.51. The average Bonchev–Trinajstić information content (AvgIpc) is 2.13. The van der Waals surface area contributed by atoms with Gasteiger partial charge in [0, 0.05) is 10.7 Å². The molecule has 1 unspecified atom stereocenters. The molecule has 0 aliphatic rings. The van der Waals surface area contributed by atoms with Crippen molar-refractivity contribution in [3.8, 4) is 0 Å². The van der Waals surface area contributed by atoms with Crippen molar-refractivity contribution < 1.29 is 9.90 Å². The molecule has 0 saturated carbocycles. The fourth-order valence-electron chi connectivity index (χ4n) is 1.07. The molecule has 3 nitrogen and oxygen atoms in total. The first-order valence-corrected chi connectivity index (χ1v) is 7.27. The smallest absolute Gasteiger partial charge is 0.320 e. The summed E-state index contributed by atoms with van der Waals surface area (Å²) in [5.41, 5.74) is 6.45. The number of halogens is 3. The Morgan fingerprint density at radius 2 is 1.80 bits per heavy atom. The molecule has 1 atom stereocenters. The van der Waals surface area contributed by atoms with Crippen LogP contribution < -0.4 is 5.73 Å². The van der Waals surface area contributed by atoms with Crippen LogP contribution in [-0.4, -0.2) is 17.1 Å². The largest absolute Gasteiger partial charge is 0.480 e. The summed E-state index contributed by atoms with van der Waals surface area (Å²) >= 11 is 6.75. The summed E-state index contributed by atoms with van der Waals surface area (Å²) in [6, 6.07) is 3.14. The highest BCUT2D eigenvalue weighted by Crippen LogP contribution is 2.23. The van der Waals surface area contributed by atoms with E-state index in [1.807, 2.05) is 12.1 Å². The summed E-state index contributed by atoms with van der Waals surface area (Å²) in [5, 5.41) is 8.71. The topological polar surface area (TPSA) is 63.3 Å². The van der Waals surface area contributed by atoms with Gasteiger partial charge in [0.15, 0.2) is 0 Å². The highest BCUT2D eigenvalue weighted by Gasteiger charge is 2.13. The summed E-state index contributed by atoms with van der Waals surface area (Å²) < 4.78 is 3.46. The van der Waals surface area contributed by atoms with Crippen molar-refractivity contribution in [3.63, 3.8) is 0 Å². The van der Waals surface area contributed by atoms with Gasteiger partial charge in [-0.25, -0.2) is 0 Å². The summed E-state index contributed by atoms with van der Waals surface area (Å²) in [6.45, 7) is 0. The van der Waals surface area contributed by atoms with Gasteiger partial charge in [-0.1, -0.05) is 0 Å². The van der Waals surface area contributed by atoms with E-state index in [9.17, 15) is 4.79 Å². The predicted octanol–water partition coefficient (Wildman–Crippen LogP) is 2.45. The lowest BCUT2D eigenvalue weighted by atomic mass is 10.1. The van der Waals surface area contributed by atoms with Crippen LogP contribution in [-0.2, 0) is 11.2 Å². The Bertz CT molecular complexity index is 372. The fourth-order valence-corrected chi connectivity index (χ4v) is 3.28. The molecule has 0 heterocycles. The second-order valence-electron chi connectivity index (χ2n) is 3.02. The number of benzene rings is 1. The molecule has 6 heteroatoms. The maximum atomic E-state index is 10.6. The molecular formula is C9H8I3NO2. The van der Waals surface area contributed by atoms with Crippen LogP contribution in [0.4, 0.5) is 0 Å². The van der Waals surface area contributed by atoms with E-state index >= 15 is 0 Å². The minimum atomic E-state index is -0.960. The Morgan fingerprint density at radius 3 is 2.20 bits per heavy atom. The first-order chi connectivity index (χ1) is 6.91. The van der Waals surface area contributed by atoms with Crippen LogP contribution in [0.5, 0.6) is 0 Å². The molecule has 0 spiro atoms. The molecular weight excluding hydrogens is 535 g/mol. The normalized spacial score (nSPS) is 12.5. The molecule has 0 amide bonds. The van der Waals surface area contributed by atoms with Crippen molar-refractivity contribution in [1.29, 1.82) is 0 Å². The van der Waals surface area contributed by atoms with Gasteiger partial charge >= 0.3 is 5.97 Å². The molecule has 0 fully saturated rings. The second kappa shape index (κ2) is 5.96. The molecule has 1 aromatic rings. The number of hydrogen-bond donors (Lipinski definition) is 2. The summed E-state index contributed by atoms with van der Waals surface area (Å²) in [4.78, 5) is 10.6. The number of carboxylic acid groups (broad SMARTS) is 1. The van der Waals surface area contributed by atoms with E-state index in [4.69, 9.17) is 10.8 Å². The molecule has 0 aliphatic heterocycles. The van der Waals surface area contributed by atoms with Crippen LogP contribution in [0.3, 0.4) is 0 Å². The van der Waals surface area contributed by atoms with Gasteiger partial charge in [0.25, 0.3) is 0 Å². The van der Waals surface area contributed by atoms with E-state index < -0.39 is 12.0 Å². The summed E-state index contributed by atoms with van der Waals surface area (Å²) in [7, 11) is 0. The van der Waals surface area contributed by atoms with Gasteiger partial charge in [-0.15, -0.1) is 0 Å². The van der Waals surface area contributed by atoms with E-state index in [1.165, 1.54) is 3.57 Å². The minimum Gasteiger partial charge on any atom is -0.480 e.